The number of fused-ring (bicyclic) bond motifs is 3. The topological polar surface area (TPSA) is 52.7 Å². The van der Waals surface area contributed by atoms with Gasteiger partial charge in [0.2, 0.25) is 10.0 Å². The van der Waals surface area contributed by atoms with E-state index in [1.165, 1.54) is 32.5 Å². The summed E-state index contributed by atoms with van der Waals surface area (Å²) in [5.74, 6) is 1.14. The van der Waals surface area contributed by atoms with E-state index in [0.29, 0.717) is 37.3 Å². The number of nitrogens with one attached hydrogen (secondary N) is 1. The second kappa shape index (κ2) is 6.52. The fourth-order valence-corrected chi connectivity index (χ4v) is 5.69. The number of nitrogens with zero attached hydrogens (tertiary/aromatic N) is 2. The number of piperidine rings is 4. The Hall–Kier alpha value is -0.170. The Bertz CT molecular complexity index is 438. The smallest absolute Gasteiger partial charge is 0.214 e. The van der Waals surface area contributed by atoms with Crippen LogP contribution in [0.3, 0.4) is 0 Å². The van der Waals surface area contributed by atoms with Crippen LogP contribution >= 0.6 is 0 Å². The molecule has 4 rings (SSSR count). The van der Waals surface area contributed by atoms with Crippen LogP contribution in [0, 0.1) is 5.92 Å². The molecular formula is C15H29N3O2S. The van der Waals surface area contributed by atoms with Gasteiger partial charge in [0.05, 0.1) is 5.75 Å². The molecule has 0 spiro atoms. The van der Waals surface area contributed by atoms with Gasteiger partial charge in [-0.05, 0) is 51.1 Å². The van der Waals surface area contributed by atoms with Crippen molar-refractivity contribution in [3.8, 4) is 0 Å². The third kappa shape index (κ3) is 3.60. The minimum Gasteiger partial charge on any atom is -0.310 e. The predicted octanol–water partition coefficient (Wildman–Crippen LogP) is 0.874. The largest absolute Gasteiger partial charge is 0.310 e. The summed E-state index contributed by atoms with van der Waals surface area (Å²) in [6.45, 7) is 7.06. The minimum absolute atomic E-state index is 0.296. The Morgan fingerprint density at radius 2 is 1.71 bits per heavy atom. The standard InChI is InChI=1S/C15H29N3O2S/c1-2-11-21(19,20)18-9-5-14(6-10-18)16-15-12-17-7-3-13(15)4-8-17/h13-16H,2-12H2,1H3. The molecule has 0 aliphatic carbocycles. The number of hydrogen-bond donors (Lipinski definition) is 1. The lowest BCUT2D eigenvalue weighted by molar-refractivity contribution is 0.0630. The van der Waals surface area contributed by atoms with Gasteiger partial charge in [-0.25, -0.2) is 12.7 Å². The van der Waals surface area contributed by atoms with Crippen LogP contribution < -0.4 is 5.32 Å². The van der Waals surface area contributed by atoms with Gasteiger partial charge >= 0.3 is 0 Å². The Morgan fingerprint density at radius 3 is 2.24 bits per heavy atom. The Kier molecular flexibility index (Phi) is 4.88. The third-order valence-corrected chi connectivity index (χ3v) is 7.49. The van der Waals surface area contributed by atoms with E-state index in [-0.39, 0.29) is 0 Å². The van der Waals surface area contributed by atoms with Crippen molar-refractivity contribution in [2.45, 2.75) is 51.1 Å². The molecule has 21 heavy (non-hydrogen) atoms. The molecule has 5 nitrogen and oxygen atoms in total. The molecule has 0 amide bonds. The van der Waals surface area contributed by atoms with Gasteiger partial charge in [0.25, 0.3) is 0 Å². The first-order chi connectivity index (χ1) is 10.1. The molecule has 0 saturated carbocycles. The zero-order chi connectivity index (χ0) is 14.9. The summed E-state index contributed by atoms with van der Waals surface area (Å²) in [5.41, 5.74) is 0. The molecule has 0 aromatic heterocycles. The van der Waals surface area contributed by atoms with Crippen LogP contribution in [0.25, 0.3) is 0 Å². The lowest BCUT2D eigenvalue weighted by Gasteiger charge is -2.47. The first-order valence-electron chi connectivity index (χ1n) is 8.54. The van der Waals surface area contributed by atoms with Crippen molar-refractivity contribution in [3.05, 3.63) is 0 Å². The van der Waals surface area contributed by atoms with E-state index in [9.17, 15) is 8.42 Å². The summed E-state index contributed by atoms with van der Waals surface area (Å²) < 4.78 is 25.9. The first kappa shape index (κ1) is 15.7. The average molecular weight is 315 g/mol. The maximum Gasteiger partial charge on any atom is 0.214 e. The first-order valence-corrected chi connectivity index (χ1v) is 10.2. The molecule has 4 heterocycles. The normalized spacial score (nSPS) is 35.2. The summed E-state index contributed by atoms with van der Waals surface area (Å²) in [5, 5.41) is 3.83. The number of hydrogen-bond acceptors (Lipinski definition) is 4. The van der Waals surface area contributed by atoms with Crippen LogP contribution in [-0.2, 0) is 10.0 Å². The molecule has 0 aromatic carbocycles. The highest BCUT2D eigenvalue weighted by Gasteiger charge is 2.36. The van der Waals surface area contributed by atoms with Gasteiger partial charge in [0.1, 0.15) is 0 Å². The minimum atomic E-state index is -3.00. The second-order valence-electron chi connectivity index (χ2n) is 6.90. The van der Waals surface area contributed by atoms with Crippen molar-refractivity contribution in [3.63, 3.8) is 0 Å². The van der Waals surface area contributed by atoms with Gasteiger partial charge in [0, 0.05) is 31.7 Å². The zero-order valence-corrected chi connectivity index (χ0v) is 13.9. The molecule has 1 atom stereocenters. The van der Waals surface area contributed by atoms with Crippen molar-refractivity contribution < 1.29 is 8.42 Å². The highest BCUT2D eigenvalue weighted by atomic mass is 32.2. The van der Waals surface area contributed by atoms with Crippen molar-refractivity contribution in [1.29, 1.82) is 0 Å². The lowest BCUT2D eigenvalue weighted by Crippen LogP contribution is -2.59. The molecule has 4 aliphatic heterocycles. The molecule has 4 fully saturated rings. The SMILES string of the molecule is CCCS(=O)(=O)N1CCC(NC2CN3CCC2CC3)CC1. The monoisotopic (exact) mass is 315 g/mol. The van der Waals surface area contributed by atoms with E-state index >= 15 is 0 Å². The predicted molar refractivity (Wildman–Crippen MR) is 84.8 cm³/mol. The number of sulfonamides is 1. The van der Waals surface area contributed by atoms with Crippen LogP contribution in [0.2, 0.25) is 0 Å². The Labute approximate surface area is 129 Å². The van der Waals surface area contributed by atoms with E-state index in [4.69, 9.17) is 0 Å². The average Bonchev–Trinajstić information content (AvgIpc) is 2.49. The number of rotatable bonds is 5. The van der Waals surface area contributed by atoms with Crippen LogP contribution in [0.1, 0.15) is 39.0 Å². The molecule has 4 saturated heterocycles. The maximum atomic E-state index is 12.1. The third-order valence-electron chi connectivity index (χ3n) is 5.42. The molecule has 4 aliphatic rings. The van der Waals surface area contributed by atoms with Gasteiger partial charge < -0.3 is 10.2 Å². The second-order valence-corrected chi connectivity index (χ2v) is 8.99. The van der Waals surface area contributed by atoms with E-state index < -0.39 is 10.0 Å². The van der Waals surface area contributed by atoms with Crippen molar-refractivity contribution >= 4 is 10.0 Å². The van der Waals surface area contributed by atoms with Crippen LogP contribution in [0.5, 0.6) is 0 Å². The van der Waals surface area contributed by atoms with Crippen LogP contribution in [0.15, 0.2) is 0 Å². The van der Waals surface area contributed by atoms with Crippen molar-refractivity contribution in [2.75, 3.05) is 38.5 Å². The van der Waals surface area contributed by atoms with Crippen molar-refractivity contribution in [1.82, 2.24) is 14.5 Å². The molecular weight excluding hydrogens is 286 g/mol. The van der Waals surface area contributed by atoms with Gasteiger partial charge in [-0.3, -0.25) is 0 Å². The van der Waals surface area contributed by atoms with E-state index in [2.05, 4.69) is 10.2 Å². The summed E-state index contributed by atoms with van der Waals surface area (Å²) in [7, 11) is -3.00. The molecule has 2 bridgehead atoms. The molecule has 1 unspecified atom stereocenters. The molecule has 1 N–H and O–H groups in total. The lowest BCUT2D eigenvalue weighted by atomic mass is 9.83. The van der Waals surface area contributed by atoms with Crippen molar-refractivity contribution in [2.24, 2.45) is 5.92 Å². The fourth-order valence-electron chi connectivity index (χ4n) is 4.14. The summed E-state index contributed by atoms with van der Waals surface area (Å²) >= 11 is 0. The van der Waals surface area contributed by atoms with E-state index in [1.54, 1.807) is 4.31 Å². The highest BCUT2D eigenvalue weighted by molar-refractivity contribution is 7.89. The van der Waals surface area contributed by atoms with E-state index in [1.807, 2.05) is 6.92 Å². The van der Waals surface area contributed by atoms with Gasteiger partial charge in [0.15, 0.2) is 0 Å². The highest BCUT2D eigenvalue weighted by Crippen LogP contribution is 2.28. The van der Waals surface area contributed by atoms with E-state index in [0.717, 1.165) is 18.8 Å². The summed E-state index contributed by atoms with van der Waals surface area (Å²) in [4.78, 5) is 2.57. The molecule has 0 aromatic rings. The van der Waals surface area contributed by atoms with Gasteiger partial charge in [-0.15, -0.1) is 0 Å². The van der Waals surface area contributed by atoms with Crippen LogP contribution in [-0.4, -0.2) is 68.2 Å². The Morgan fingerprint density at radius 1 is 1.05 bits per heavy atom. The molecule has 122 valence electrons. The van der Waals surface area contributed by atoms with Crippen LogP contribution in [0.4, 0.5) is 0 Å². The molecule has 0 radical (unpaired) electrons. The quantitative estimate of drug-likeness (QED) is 0.818. The maximum absolute atomic E-state index is 12.1. The zero-order valence-electron chi connectivity index (χ0n) is 13.1. The van der Waals surface area contributed by atoms with Gasteiger partial charge in [-0.2, -0.15) is 0 Å². The van der Waals surface area contributed by atoms with Gasteiger partial charge in [-0.1, -0.05) is 6.92 Å². The molecule has 6 heteroatoms. The summed E-state index contributed by atoms with van der Waals surface area (Å²) in [6, 6.07) is 1.14. The fraction of sp³-hybridized carbons (Fsp3) is 1.00. The summed E-state index contributed by atoms with van der Waals surface area (Å²) in [6.07, 6.45) is 5.31. The Balaban J connectivity index is 1.48.